The smallest absolute Gasteiger partial charge is 0.245 e. The number of nitrogens with one attached hydrogen (secondary N) is 2. The van der Waals surface area contributed by atoms with Crippen LogP contribution < -0.4 is 10.0 Å². The Hall–Kier alpha value is -2.08. The first kappa shape index (κ1) is 20.6. The minimum Gasteiger partial charge on any atom is -0.377 e. The SMILES string of the molecule is Cc1c(F)ccc(NC(O)c2c(F)c(S(=O)(=O)NC3(C)COC3)cn2C)c1F. The molecule has 0 spiro atoms. The van der Waals surface area contributed by atoms with Crippen LogP contribution in [-0.2, 0) is 21.8 Å². The number of hydrogen-bond acceptors (Lipinski definition) is 5. The zero-order valence-electron chi connectivity index (χ0n) is 15.4. The molecule has 3 N–H and O–H groups in total. The number of aryl methyl sites for hydroxylation is 1. The molecule has 2 aromatic rings. The quantitative estimate of drug-likeness (QED) is 0.623. The van der Waals surface area contributed by atoms with Gasteiger partial charge in [0.15, 0.2) is 17.9 Å². The summed E-state index contributed by atoms with van der Waals surface area (Å²) < 4.78 is 75.8. The van der Waals surface area contributed by atoms with E-state index in [9.17, 15) is 26.7 Å². The highest BCUT2D eigenvalue weighted by Gasteiger charge is 2.40. The number of aliphatic hydroxyl groups is 1. The van der Waals surface area contributed by atoms with Crippen molar-refractivity contribution in [2.24, 2.45) is 7.05 Å². The summed E-state index contributed by atoms with van der Waals surface area (Å²) in [5, 5.41) is 12.7. The van der Waals surface area contributed by atoms with Crippen molar-refractivity contribution in [2.45, 2.75) is 30.5 Å². The second-order valence-electron chi connectivity index (χ2n) is 7.04. The lowest BCUT2D eigenvalue weighted by atomic mass is 10.0. The van der Waals surface area contributed by atoms with E-state index in [0.29, 0.717) is 0 Å². The van der Waals surface area contributed by atoms with Crippen molar-refractivity contribution in [3.8, 4) is 0 Å². The van der Waals surface area contributed by atoms with Gasteiger partial charge in [-0.15, -0.1) is 0 Å². The van der Waals surface area contributed by atoms with Crippen LogP contribution in [0.5, 0.6) is 0 Å². The highest BCUT2D eigenvalue weighted by molar-refractivity contribution is 7.89. The molecule has 1 fully saturated rings. The molecule has 1 aromatic heterocycles. The van der Waals surface area contributed by atoms with Crippen LogP contribution in [0.1, 0.15) is 24.4 Å². The van der Waals surface area contributed by atoms with E-state index in [1.807, 2.05) is 0 Å². The summed E-state index contributed by atoms with van der Waals surface area (Å²) in [5.41, 5.74) is -1.79. The molecule has 0 aliphatic carbocycles. The Morgan fingerprint density at radius 2 is 1.89 bits per heavy atom. The van der Waals surface area contributed by atoms with Crippen molar-refractivity contribution in [1.82, 2.24) is 9.29 Å². The van der Waals surface area contributed by atoms with Gasteiger partial charge < -0.3 is 19.7 Å². The third-order valence-electron chi connectivity index (χ3n) is 4.52. The molecule has 1 atom stereocenters. The molecule has 2 heterocycles. The maximum atomic E-state index is 14.9. The van der Waals surface area contributed by atoms with Crippen LogP contribution in [0.3, 0.4) is 0 Å². The first-order valence-corrected chi connectivity index (χ1v) is 9.79. The van der Waals surface area contributed by atoms with Crippen LogP contribution in [0.2, 0.25) is 0 Å². The molecule has 1 aliphatic heterocycles. The molecule has 0 radical (unpaired) electrons. The van der Waals surface area contributed by atoms with E-state index in [1.54, 1.807) is 6.92 Å². The predicted molar refractivity (Wildman–Crippen MR) is 94.6 cm³/mol. The van der Waals surface area contributed by atoms with Crippen LogP contribution in [0.15, 0.2) is 23.2 Å². The minimum absolute atomic E-state index is 0.154. The number of halogens is 3. The van der Waals surface area contributed by atoms with Crippen LogP contribution in [0.4, 0.5) is 18.9 Å². The molecule has 1 unspecified atom stereocenters. The predicted octanol–water partition coefficient (Wildman–Crippen LogP) is 1.92. The first-order chi connectivity index (χ1) is 12.9. The Morgan fingerprint density at radius 1 is 1.25 bits per heavy atom. The second kappa shape index (κ2) is 7.07. The fourth-order valence-corrected chi connectivity index (χ4v) is 4.43. The monoisotopic (exact) mass is 419 g/mol. The minimum atomic E-state index is -4.23. The Kier molecular flexibility index (Phi) is 5.21. The van der Waals surface area contributed by atoms with Crippen LogP contribution in [0, 0.1) is 24.4 Å². The van der Waals surface area contributed by atoms with Gasteiger partial charge in [-0.05, 0) is 26.0 Å². The van der Waals surface area contributed by atoms with Crippen LogP contribution >= 0.6 is 0 Å². The molecule has 28 heavy (non-hydrogen) atoms. The Morgan fingerprint density at radius 3 is 2.46 bits per heavy atom. The zero-order valence-corrected chi connectivity index (χ0v) is 16.2. The average Bonchev–Trinajstić information content (AvgIpc) is 2.89. The molecular formula is C17H20F3N3O4S. The van der Waals surface area contributed by atoms with Crippen molar-refractivity contribution >= 4 is 15.7 Å². The summed E-state index contributed by atoms with van der Waals surface area (Å²) in [4.78, 5) is -0.658. The molecule has 0 amide bonds. The standard InChI is InChI=1S/C17H20F3N3O4S/c1-9-10(18)4-5-11(13(9)19)21-16(24)15-14(20)12(6-23(15)3)28(25,26)22-17(2)7-27-8-17/h4-6,16,21-22,24H,7-8H2,1-3H3. The molecule has 7 nitrogen and oxygen atoms in total. The van der Waals surface area contributed by atoms with Crippen molar-refractivity contribution in [3.05, 3.63) is 47.0 Å². The van der Waals surface area contributed by atoms with E-state index in [4.69, 9.17) is 4.74 Å². The third-order valence-corrected chi connectivity index (χ3v) is 6.14. The number of nitrogens with zero attached hydrogens (tertiary/aromatic N) is 1. The molecule has 1 aromatic carbocycles. The molecular weight excluding hydrogens is 399 g/mol. The molecule has 154 valence electrons. The van der Waals surface area contributed by atoms with E-state index in [0.717, 1.165) is 22.9 Å². The van der Waals surface area contributed by atoms with Gasteiger partial charge in [-0.1, -0.05) is 0 Å². The second-order valence-corrected chi connectivity index (χ2v) is 8.69. The summed E-state index contributed by atoms with van der Waals surface area (Å²) in [6, 6.07) is 2.05. The summed E-state index contributed by atoms with van der Waals surface area (Å²) in [6.07, 6.45) is -0.775. The zero-order chi connectivity index (χ0) is 20.9. The summed E-state index contributed by atoms with van der Waals surface area (Å²) >= 11 is 0. The summed E-state index contributed by atoms with van der Waals surface area (Å²) in [5.74, 6) is -2.89. The van der Waals surface area contributed by atoms with Gasteiger partial charge in [-0.2, -0.15) is 0 Å². The fraction of sp³-hybridized carbons (Fsp3) is 0.412. The number of anilines is 1. The maximum absolute atomic E-state index is 14.9. The Bertz CT molecular complexity index is 1020. The number of ether oxygens (including phenoxy) is 1. The number of hydrogen-bond donors (Lipinski definition) is 3. The van der Waals surface area contributed by atoms with Gasteiger partial charge in [0.1, 0.15) is 16.4 Å². The summed E-state index contributed by atoms with van der Waals surface area (Å²) in [7, 11) is -2.89. The lowest BCUT2D eigenvalue weighted by Crippen LogP contribution is -2.59. The molecule has 1 saturated heterocycles. The molecule has 3 rings (SSSR count). The number of sulfonamides is 1. The Labute approximate surface area is 160 Å². The largest absolute Gasteiger partial charge is 0.377 e. The average molecular weight is 419 g/mol. The van der Waals surface area contributed by atoms with Gasteiger partial charge in [-0.3, -0.25) is 0 Å². The number of benzene rings is 1. The first-order valence-electron chi connectivity index (χ1n) is 8.31. The van der Waals surface area contributed by atoms with Crippen LogP contribution in [-0.4, -0.2) is 36.8 Å². The van der Waals surface area contributed by atoms with E-state index >= 15 is 0 Å². The number of aliphatic hydroxyl groups excluding tert-OH is 1. The van der Waals surface area contributed by atoms with Crippen molar-refractivity contribution in [1.29, 1.82) is 0 Å². The van der Waals surface area contributed by atoms with E-state index in [-0.39, 0.29) is 24.5 Å². The molecule has 1 aliphatic rings. The normalized spacial score (nSPS) is 17.2. The lowest BCUT2D eigenvalue weighted by Gasteiger charge is -2.38. The van der Waals surface area contributed by atoms with E-state index < -0.39 is 49.8 Å². The molecule has 11 heteroatoms. The van der Waals surface area contributed by atoms with E-state index in [2.05, 4.69) is 10.0 Å². The molecule has 0 bridgehead atoms. The highest BCUT2D eigenvalue weighted by Crippen LogP contribution is 2.29. The third kappa shape index (κ3) is 3.62. The van der Waals surface area contributed by atoms with Gasteiger partial charge >= 0.3 is 0 Å². The van der Waals surface area contributed by atoms with Gasteiger partial charge in [-0.25, -0.2) is 26.3 Å². The van der Waals surface area contributed by atoms with Crippen molar-refractivity contribution in [3.63, 3.8) is 0 Å². The van der Waals surface area contributed by atoms with E-state index in [1.165, 1.54) is 14.0 Å². The summed E-state index contributed by atoms with van der Waals surface area (Å²) in [6.45, 7) is 3.14. The van der Waals surface area contributed by atoms with Crippen LogP contribution in [0.25, 0.3) is 0 Å². The molecule has 0 saturated carbocycles. The number of aromatic nitrogens is 1. The van der Waals surface area contributed by atoms with Gasteiger partial charge in [0.25, 0.3) is 0 Å². The van der Waals surface area contributed by atoms with Gasteiger partial charge in [0.2, 0.25) is 10.0 Å². The lowest BCUT2D eigenvalue weighted by molar-refractivity contribution is -0.0523. The van der Waals surface area contributed by atoms with Crippen molar-refractivity contribution in [2.75, 3.05) is 18.5 Å². The topological polar surface area (TPSA) is 92.6 Å². The van der Waals surface area contributed by atoms with Crippen molar-refractivity contribution < 1.29 is 31.4 Å². The fourth-order valence-electron chi connectivity index (χ4n) is 2.92. The maximum Gasteiger partial charge on any atom is 0.245 e. The Balaban J connectivity index is 1.90. The van der Waals surface area contributed by atoms with Gasteiger partial charge in [0, 0.05) is 18.8 Å². The van der Waals surface area contributed by atoms with Gasteiger partial charge in [0.05, 0.1) is 24.4 Å². The highest BCUT2D eigenvalue weighted by atomic mass is 32.2. The number of rotatable bonds is 6.